The predicted molar refractivity (Wildman–Crippen MR) is 68.4 cm³/mol. The van der Waals surface area contributed by atoms with Gasteiger partial charge in [-0.15, -0.1) is 24.8 Å². The number of hydrogen-bond acceptors (Lipinski definition) is 3. The van der Waals surface area contributed by atoms with Gasteiger partial charge < -0.3 is 10.2 Å². The van der Waals surface area contributed by atoms with Crippen LogP contribution in [-0.4, -0.2) is 31.2 Å². The maximum atomic E-state index is 12.6. The van der Waals surface area contributed by atoms with E-state index in [0.717, 1.165) is 38.4 Å². The molecule has 16 heavy (non-hydrogen) atoms. The molecule has 1 aliphatic rings. The maximum absolute atomic E-state index is 12.6. The van der Waals surface area contributed by atoms with E-state index in [0.29, 0.717) is 0 Å². The first-order chi connectivity index (χ1) is 6.86. The summed E-state index contributed by atoms with van der Waals surface area (Å²) >= 11 is 0. The molecule has 0 saturated carbocycles. The lowest BCUT2D eigenvalue weighted by molar-refractivity contribution is 0.620. The number of nitrogens with zero attached hydrogens (tertiary/aromatic N) is 2. The third-order valence-electron chi connectivity index (χ3n) is 2.38. The molecule has 1 fully saturated rings. The lowest BCUT2D eigenvalue weighted by atomic mass is 10.3. The standard InChI is InChI=1S/C10H14FN3.2ClH/c11-9-2-3-10(13-8-9)14-6-1-4-12-5-7-14;;/h2-3,8,12H,1,4-7H2;2*1H. The van der Waals surface area contributed by atoms with Crippen molar-refractivity contribution in [3.8, 4) is 0 Å². The molecule has 0 radical (unpaired) electrons. The van der Waals surface area contributed by atoms with Gasteiger partial charge in [-0.2, -0.15) is 0 Å². The zero-order chi connectivity index (χ0) is 9.80. The molecule has 1 saturated heterocycles. The van der Waals surface area contributed by atoms with E-state index in [4.69, 9.17) is 0 Å². The molecule has 0 atom stereocenters. The molecule has 6 heteroatoms. The van der Waals surface area contributed by atoms with E-state index in [1.165, 1.54) is 12.3 Å². The van der Waals surface area contributed by atoms with Crippen LogP contribution >= 0.6 is 24.8 Å². The van der Waals surface area contributed by atoms with Gasteiger partial charge in [0.2, 0.25) is 0 Å². The van der Waals surface area contributed by atoms with Crippen molar-refractivity contribution >= 4 is 30.6 Å². The molecule has 1 N–H and O–H groups in total. The first-order valence-corrected chi connectivity index (χ1v) is 4.93. The summed E-state index contributed by atoms with van der Waals surface area (Å²) in [6, 6.07) is 3.20. The molecule has 0 aromatic carbocycles. The summed E-state index contributed by atoms with van der Waals surface area (Å²) in [7, 11) is 0. The van der Waals surface area contributed by atoms with Crippen molar-refractivity contribution in [2.24, 2.45) is 0 Å². The van der Waals surface area contributed by atoms with Gasteiger partial charge in [0.15, 0.2) is 0 Å². The third-order valence-corrected chi connectivity index (χ3v) is 2.38. The van der Waals surface area contributed by atoms with Crippen molar-refractivity contribution in [2.75, 3.05) is 31.1 Å². The Morgan fingerprint density at radius 3 is 2.69 bits per heavy atom. The fourth-order valence-corrected chi connectivity index (χ4v) is 1.63. The topological polar surface area (TPSA) is 28.2 Å². The number of halogens is 3. The van der Waals surface area contributed by atoms with Crippen molar-refractivity contribution in [2.45, 2.75) is 6.42 Å². The van der Waals surface area contributed by atoms with Crippen molar-refractivity contribution in [3.63, 3.8) is 0 Å². The van der Waals surface area contributed by atoms with E-state index in [1.54, 1.807) is 6.07 Å². The van der Waals surface area contributed by atoms with Crippen molar-refractivity contribution in [1.29, 1.82) is 0 Å². The smallest absolute Gasteiger partial charge is 0.141 e. The van der Waals surface area contributed by atoms with Crippen LogP contribution in [-0.2, 0) is 0 Å². The summed E-state index contributed by atoms with van der Waals surface area (Å²) in [4.78, 5) is 6.25. The number of pyridine rings is 1. The molecule has 0 amide bonds. The van der Waals surface area contributed by atoms with Gasteiger partial charge in [0.25, 0.3) is 0 Å². The summed E-state index contributed by atoms with van der Waals surface area (Å²) in [5.74, 6) is 0.594. The Bertz CT molecular complexity index is 287. The molecule has 1 aromatic rings. The average molecular weight is 268 g/mol. The fraction of sp³-hybridized carbons (Fsp3) is 0.500. The molecule has 0 aliphatic carbocycles. The van der Waals surface area contributed by atoms with E-state index in [1.807, 2.05) is 0 Å². The number of nitrogens with one attached hydrogen (secondary N) is 1. The maximum Gasteiger partial charge on any atom is 0.141 e. The third kappa shape index (κ3) is 4.12. The fourth-order valence-electron chi connectivity index (χ4n) is 1.63. The summed E-state index contributed by atoms with van der Waals surface area (Å²) < 4.78 is 12.6. The van der Waals surface area contributed by atoms with Crippen LogP contribution in [0.1, 0.15) is 6.42 Å². The molecule has 0 spiro atoms. The van der Waals surface area contributed by atoms with Gasteiger partial charge in [-0.05, 0) is 25.1 Å². The lowest BCUT2D eigenvalue weighted by Crippen LogP contribution is -2.28. The minimum atomic E-state index is -0.276. The quantitative estimate of drug-likeness (QED) is 0.842. The molecular formula is C10H16Cl2FN3. The Morgan fingerprint density at radius 2 is 2.00 bits per heavy atom. The van der Waals surface area contributed by atoms with Crippen LogP contribution in [0.2, 0.25) is 0 Å². The summed E-state index contributed by atoms with van der Waals surface area (Å²) in [5, 5.41) is 3.31. The first-order valence-electron chi connectivity index (χ1n) is 4.93. The van der Waals surface area contributed by atoms with Crippen molar-refractivity contribution in [3.05, 3.63) is 24.1 Å². The largest absolute Gasteiger partial charge is 0.355 e. The van der Waals surface area contributed by atoms with Crippen LogP contribution < -0.4 is 10.2 Å². The minimum absolute atomic E-state index is 0. The van der Waals surface area contributed by atoms with Gasteiger partial charge in [-0.3, -0.25) is 0 Å². The Balaban J connectivity index is 0.00000112. The van der Waals surface area contributed by atoms with E-state index < -0.39 is 0 Å². The monoisotopic (exact) mass is 267 g/mol. The molecule has 2 heterocycles. The second kappa shape index (κ2) is 7.65. The van der Waals surface area contributed by atoms with E-state index in [-0.39, 0.29) is 30.6 Å². The Kier molecular flexibility index (Phi) is 7.38. The summed E-state index contributed by atoms with van der Waals surface area (Å²) in [6.07, 6.45) is 2.38. The highest BCUT2D eigenvalue weighted by Crippen LogP contribution is 2.11. The molecule has 3 nitrogen and oxygen atoms in total. The normalized spacial score (nSPS) is 15.7. The SMILES string of the molecule is Cl.Cl.Fc1ccc(N2CCCNCC2)nc1. The minimum Gasteiger partial charge on any atom is -0.355 e. The highest BCUT2D eigenvalue weighted by molar-refractivity contribution is 5.85. The van der Waals surface area contributed by atoms with Gasteiger partial charge in [-0.25, -0.2) is 9.37 Å². The van der Waals surface area contributed by atoms with Gasteiger partial charge >= 0.3 is 0 Å². The number of hydrogen-bond donors (Lipinski definition) is 1. The van der Waals surface area contributed by atoms with E-state index in [2.05, 4.69) is 15.2 Å². The Hall–Kier alpha value is -0.580. The Labute approximate surface area is 107 Å². The molecule has 92 valence electrons. The average Bonchev–Trinajstić information content (AvgIpc) is 2.47. The molecule has 1 aromatic heterocycles. The number of rotatable bonds is 1. The summed E-state index contributed by atoms with van der Waals surface area (Å²) in [5.41, 5.74) is 0. The van der Waals surface area contributed by atoms with Crippen molar-refractivity contribution < 1.29 is 4.39 Å². The zero-order valence-electron chi connectivity index (χ0n) is 8.86. The molecule has 2 rings (SSSR count). The van der Waals surface area contributed by atoms with Crippen LogP contribution in [0.3, 0.4) is 0 Å². The van der Waals surface area contributed by atoms with Gasteiger partial charge in [0, 0.05) is 19.6 Å². The van der Waals surface area contributed by atoms with Gasteiger partial charge in [0.05, 0.1) is 6.20 Å². The van der Waals surface area contributed by atoms with Crippen LogP contribution in [0.25, 0.3) is 0 Å². The second-order valence-corrected chi connectivity index (χ2v) is 3.43. The predicted octanol–water partition coefficient (Wildman–Crippen LogP) is 1.86. The van der Waals surface area contributed by atoms with Crippen LogP contribution in [0.15, 0.2) is 18.3 Å². The van der Waals surface area contributed by atoms with Crippen LogP contribution in [0.4, 0.5) is 10.2 Å². The molecule has 0 bridgehead atoms. The first kappa shape index (κ1) is 15.4. The Morgan fingerprint density at radius 1 is 1.19 bits per heavy atom. The number of aromatic nitrogens is 1. The lowest BCUT2D eigenvalue weighted by Gasteiger charge is -2.20. The van der Waals surface area contributed by atoms with Crippen LogP contribution in [0, 0.1) is 5.82 Å². The highest BCUT2D eigenvalue weighted by Gasteiger charge is 2.09. The van der Waals surface area contributed by atoms with Gasteiger partial charge in [0.1, 0.15) is 11.6 Å². The molecule has 1 aliphatic heterocycles. The second-order valence-electron chi connectivity index (χ2n) is 3.43. The molecule has 0 unspecified atom stereocenters. The zero-order valence-corrected chi connectivity index (χ0v) is 10.5. The van der Waals surface area contributed by atoms with E-state index in [9.17, 15) is 4.39 Å². The van der Waals surface area contributed by atoms with Crippen molar-refractivity contribution in [1.82, 2.24) is 10.3 Å². The summed E-state index contributed by atoms with van der Waals surface area (Å²) in [6.45, 7) is 3.96. The molecular weight excluding hydrogens is 252 g/mol. The van der Waals surface area contributed by atoms with Gasteiger partial charge in [-0.1, -0.05) is 0 Å². The van der Waals surface area contributed by atoms with Crippen LogP contribution in [0.5, 0.6) is 0 Å². The number of anilines is 1. The highest BCUT2D eigenvalue weighted by atomic mass is 35.5. The van der Waals surface area contributed by atoms with E-state index >= 15 is 0 Å².